The van der Waals surface area contributed by atoms with Gasteiger partial charge in [0.2, 0.25) is 0 Å². The van der Waals surface area contributed by atoms with Crippen molar-refractivity contribution in [3.05, 3.63) is 23.8 Å². The summed E-state index contributed by atoms with van der Waals surface area (Å²) in [5.74, 6) is 0.456. The highest BCUT2D eigenvalue weighted by atomic mass is 16.5. The number of carbonyl (C=O) groups excluding carboxylic acids is 1. The van der Waals surface area contributed by atoms with Gasteiger partial charge in [-0.25, -0.2) is 4.79 Å². The predicted octanol–water partition coefficient (Wildman–Crippen LogP) is 0.853. The minimum Gasteiger partial charge on any atom is -0.493 e. The van der Waals surface area contributed by atoms with Crippen LogP contribution < -0.4 is 9.47 Å². The summed E-state index contributed by atoms with van der Waals surface area (Å²) < 4.78 is 14.9. The molecule has 1 aromatic rings. The summed E-state index contributed by atoms with van der Waals surface area (Å²) >= 11 is 0. The van der Waals surface area contributed by atoms with Gasteiger partial charge in [0.15, 0.2) is 11.5 Å². The molecule has 1 rings (SSSR count). The Morgan fingerprint density at radius 2 is 2.06 bits per heavy atom. The summed E-state index contributed by atoms with van der Waals surface area (Å²) in [7, 11) is 2.81. The molecule has 0 heterocycles. The Balaban J connectivity index is 2.96. The van der Waals surface area contributed by atoms with Crippen molar-refractivity contribution in [3.8, 4) is 11.5 Å². The van der Waals surface area contributed by atoms with Gasteiger partial charge in [0.25, 0.3) is 0 Å². The molecule has 0 saturated heterocycles. The molecule has 0 fully saturated rings. The lowest BCUT2D eigenvalue weighted by atomic mass is 10.2. The summed E-state index contributed by atoms with van der Waals surface area (Å²) in [6, 6.07) is 4.70. The van der Waals surface area contributed by atoms with Gasteiger partial charge in [-0.3, -0.25) is 0 Å². The van der Waals surface area contributed by atoms with Crippen molar-refractivity contribution in [1.29, 1.82) is 0 Å². The largest absolute Gasteiger partial charge is 0.493 e. The van der Waals surface area contributed by atoms with Crippen molar-refractivity contribution in [2.75, 3.05) is 27.4 Å². The van der Waals surface area contributed by atoms with Crippen molar-refractivity contribution in [2.45, 2.75) is 0 Å². The molecule has 0 aliphatic heterocycles. The summed E-state index contributed by atoms with van der Waals surface area (Å²) in [6.07, 6.45) is 0. The molecule has 16 heavy (non-hydrogen) atoms. The third-order valence-electron chi connectivity index (χ3n) is 1.93. The molecule has 5 nitrogen and oxygen atoms in total. The van der Waals surface area contributed by atoms with E-state index in [1.807, 2.05) is 0 Å². The average Bonchev–Trinajstić information content (AvgIpc) is 2.34. The van der Waals surface area contributed by atoms with Crippen LogP contribution in [0, 0.1) is 0 Å². The van der Waals surface area contributed by atoms with E-state index in [4.69, 9.17) is 14.6 Å². The number of rotatable bonds is 5. The smallest absolute Gasteiger partial charge is 0.337 e. The Bertz CT molecular complexity index is 361. The van der Waals surface area contributed by atoms with Gasteiger partial charge in [-0.1, -0.05) is 0 Å². The maximum absolute atomic E-state index is 11.3. The topological polar surface area (TPSA) is 65.0 Å². The minimum absolute atomic E-state index is 0.106. The second kappa shape index (κ2) is 5.97. The Kier molecular flexibility index (Phi) is 4.60. The Labute approximate surface area is 93.6 Å². The van der Waals surface area contributed by atoms with Gasteiger partial charge in [-0.05, 0) is 18.2 Å². The number of aliphatic hydroxyl groups is 1. The molecule has 88 valence electrons. The van der Waals surface area contributed by atoms with Crippen LogP contribution in [0.15, 0.2) is 18.2 Å². The van der Waals surface area contributed by atoms with Gasteiger partial charge < -0.3 is 19.3 Å². The van der Waals surface area contributed by atoms with E-state index in [-0.39, 0.29) is 13.2 Å². The number of benzene rings is 1. The van der Waals surface area contributed by atoms with Gasteiger partial charge in [0, 0.05) is 0 Å². The maximum atomic E-state index is 11.3. The Morgan fingerprint density at radius 1 is 1.31 bits per heavy atom. The van der Waals surface area contributed by atoms with Crippen LogP contribution in [0.3, 0.4) is 0 Å². The number of ether oxygens (including phenoxy) is 3. The van der Waals surface area contributed by atoms with E-state index in [1.165, 1.54) is 20.3 Å². The highest BCUT2D eigenvalue weighted by Gasteiger charge is 2.11. The van der Waals surface area contributed by atoms with Crippen molar-refractivity contribution in [2.24, 2.45) is 0 Å². The SMILES string of the molecule is COC(=O)c1ccc(OC)c(OCCO)c1. The van der Waals surface area contributed by atoms with Crippen LogP contribution in [0.4, 0.5) is 0 Å². The molecule has 0 spiro atoms. The highest BCUT2D eigenvalue weighted by Crippen LogP contribution is 2.28. The fourth-order valence-electron chi connectivity index (χ4n) is 1.19. The molecule has 1 aromatic carbocycles. The summed E-state index contributed by atoms with van der Waals surface area (Å²) in [5.41, 5.74) is 0.372. The molecule has 0 atom stereocenters. The molecule has 0 amide bonds. The van der Waals surface area contributed by atoms with Gasteiger partial charge in [0.1, 0.15) is 6.61 Å². The van der Waals surface area contributed by atoms with Crippen molar-refractivity contribution in [1.82, 2.24) is 0 Å². The first-order chi connectivity index (χ1) is 7.72. The van der Waals surface area contributed by atoms with E-state index in [0.717, 1.165) is 0 Å². The lowest BCUT2D eigenvalue weighted by molar-refractivity contribution is 0.0600. The van der Waals surface area contributed by atoms with Gasteiger partial charge in [-0.2, -0.15) is 0 Å². The number of carbonyl (C=O) groups is 1. The second-order valence-electron chi connectivity index (χ2n) is 2.93. The summed E-state index contributed by atoms with van der Waals surface area (Å²) in [6.45, 7) is 0.0343. The van der Waals surface area contributed by atoms with E-state index < -0.39 is 5.97 Å². The predicted molar refractivity (Wildman–Crippen MR) is 56.9 cm³/mol. The third-order valence-corrected chi connectivity index (χ3v) is 1.93. The number of hydrogen-bond acceptors (Lipinski definition) is 5. The zero-order valence-electron chi connectivity index (χ0n) is 9.23. The van der Waals surface area contributed by atoms with Crippen LogP contribution in [0.1, 0.15) is 10.4 Å². The Hall–Kier alpha value is -1.75. The van der Waals surface area contributed by atoms with Crippen LogP contribution in [0.5, 0.6) is 11.5 Å². The molecule has 5 heteroatoms. The fraction of sp³-hybridized carbons (Fsp3) is 0.364. The molecule has 0 radical (unpaired) electrons. The molecule has 0 aromatic heterocycles. The van der Waals surface area contributed by atoms with Crippen molar-refractivity contribution >= 4 is 5.97 Å². The lowest BCUT2D eigenvalue weighted by Gasteiger charge is -2.10. The molecule has 0 saturated carbocycles. The highest BCUT2D eigenvalue weighted by molar-refractivity contribution is 5.90. The monoisotopic (exact) mass is 226 g/mol. The standard InChI is InChI=1S/C11H14O5/c1-14-9-4-3-8(11(13)15-2)7-10(9)16-6-5-12/h3-4,7,12H,5-6H2,1-2H3. The quantitative estimate of drug-likeness (QED) is 0.754. The minimum atomic E-state index is -0.448. The van der Waals surface area contributed by atoms with Crippen molar-refractivity contribution in [3.63, 3.8) is 0 Å². The van der Waals surface area contributed by atoms with Crippen LogP contribution >= 0.6 is 0 Å². The van der Waals surface area contributed by atoms with E-state index >= 15 is 0 Å². The maximum Gasteiger partial charge on any atom is 0.337 e. The number of methoxy groups -OCH3 is 2. The first-order valence-electron chi connectivity index (χ1n) is 4.73. The van der Waals surface area contributed by atoms with Crippen LogP contribution in [-0.4, -0.2) is 38.5 Å². The first kappa shape index (κ1) is 12.3. The molecule has 0 unspecified atom stereocenters. The molecular formula is C11H14O5. The lowest BCUT2D eigenvalue weighted by Crippen LogP contribution is -2.06. The van der Waals surface area contributed by atoms with E-state index in [1.54, 1.807) is 12.1 Å². The first-order valence-corrected chi connectivity index (χ1v) is 4.73. The molecule has 1 N–H and O–H groups in total. The van der Waals surface area contributed by atoms with Gasteiger partial charge >= 0.3 is 5.97 Å². The van der Waals surface area contributed by atoms with Gasteiger partial charge in [0.05, 0.1) is 26.4 Å². The normalized spacial score (nSPS) is 9.69. The molecule has 0 aliphatic rings. The molecule has 0 aliphatic carbocycles. The number of esters is 1. The van der Waals surface area contributed by atoms with Crippen LogP contribution in [0.25, 0.3) is 0 Å². The van der Waals surface area contributed by atoms with Gasteiger partial charge in [-0.15, -0.1) is 0 Å². The third kappa shape index (κ3) is 2.87. The second-order valence-corrected chi connectivity index (χ2v) is 2.93. The summed E-state index contributed by atoms with van der Waals surface area (Å²) in [4.78, 5) is 11.3. The van der Waals surface area contributed by atoms with Crippen LogP contribution in [-0.2, 0) is 4.74 Å². The zero-order chi connectivity index (χ0) is 12.0. The van der Waals surface area contributed by atoms with E-state index in [9.17, 15) is 4.79 Å². The van der Waals surface area contributed by atoms with E-state index in [0.29, 0.717) is 17.1 Å². The molecule has 0 bridgehead atoms. The zero-order valence-corrected chi connectivity index (χ0v) is 9.23. The number of aliphatic hydroxyl groups excluding tert-OH is 1. The average molecular weight is 226 g/mol. The van der Waals surface area contributed by atoms with Crippen LogP contribution in [0.2, 0.25) is 0 Å². The summed E-state index contributed by atoms with van der Waals surface area (Å²) in [5, 5.41) is 8.66. The fourth-order valence-corrected chi connectivity index (χ4v) is 1.19. The molecular weight excluding hydrogens is 212 g/mol. The Morgan fingerprint density at radius 3 is 2.62 bits per heavy atom. The number of hydrogen-bond donors (Lipinski definition) is 1. The van der Waals surface area contributed by atoms with Crippen molar-refractivity contribution < 1.29 is 24.1 Å². The van der Waals surface area contributed by atoms with E-state index in [2.05, 4.69) is 4.74 Å².